The molecule has 0 spiro atoms. The number of hydrogen-bond donors (Lipinski definition) is 3. The van der Waals surface area contributed by atoms with E-state index in [1.807, 2.05) is 6.26 Å². The molecule has 0 aromatic heterocycles. The van der Waals surface area contributed by atoms with E-state index < -0.39 is 5.97 Å². The standard InChI is InChI=1S/C8H16N2O4S/c1-15-5-3-10-8(13)9-2-4-14-6-7(11)12/h2-6H2,1H3,(H,11,12)(H2,9,10,13). The summed E-state index contributed by atoms with van der Waals surface area (Å²) in [6, 6.07) is -0.261. The van der Waals surface area contributed by atoms with Crippen LogP contribution in [0.25, 0.3) is 0 Å². The van der Waals surface area contributed by atoms with Crippen LogP contribution in [-0.4, -0.2) is 55.4 Å². The van der Waals surface area contributed by atoms with E-state index in [1.165, 1.54) is 0 Å². The second-order valence-electron chi connectivity index (χ2n) is 2.62. The second-order valence-corrected chi connectivity index (χ2v) is 3.61. The summed E-state index contributed by atoms with van der Waals surface area (Å²) in [6.45, 7) is 0.777. The van der Waals surface area contributed by atoms with Crippen LogP contribution in [0.2, 0.25) is 0 Å². The van der Waals surface area contributed by atoms with Gasteiger partial charge in [0.25, 0.3) is 0 Å². The van der Waals surface area contributed by atoms with Crippen LogP contribution in [0.5, 0.6) is 0 Å². The van der Waals surface area contributed by atoms with Gasteiger partial charge in [0.05, 0.1) is 6.61 Å². The highest BCUT2D eigenvalue weighted by Crippen LogP contribution is 1.86. The van der Waals surface area contributed by atoms with Gasteiger partial charge in [-0.05, 0) is 6.26 Å². The number of amides is 2. The number of aliphatic carboxylic acids is 1. The number of carboxylic acids is 1. The van der Waals surface area contributed by atoms with Crippen LogP contribution in [0.4, 0.5) is 4.79 Å². The normalized spacial score (nSPS) is 9.67. The molecule has 3 N–H and O–H groups in total. The van der Waals surface area contributed by atoms with Crippen molar-refractivity contribution >= 4 is 23.8 Å². The van der Waals surface area contributed by atoms with Crippen molar-refractivity contribution in [3.8, 4) is 0 Å². The first-order valence-corrected chi connectivity index (χ1v) is 5.86. The zero-order valence-corrected chi connectivity index (χ0v) is 9.43. The molecule has 0 aliphatic heterocycles. The van der Waals surface area contributed by atoms with Gasteiger partial charge < -0.3 is 20.5 Å². The minimum atomic E-state index is -1.01. The quantitative estimate of drug-likeness (QED) is 0.506. The second kappa shape index (κ2) is 9.60. The Hall–Kier alpha value is -0.950. The zero-order chi connectivity index (χ0) is 11.5. The van der Waals surface area contributed by atoms with Crippen LogP contribution in [0.15, 0.2) is 0 Å². The molecule has 15 heavy (non-hydrogen) atoms. The van der Waals surface area contributed by atoms with Crippen LogP contribution >= 0.6 is 11.8 Å². The van der Waals surface area contributed by atoms with Crippen LogP contribution in [-0.2, 0) is 9.53 Å². The molecular formula is C8H16N2O4S. The average Bonchev–Trinajstić information content (AvgIpc) is 2.17. The van der Waals surface area contributed by atoms with Crippen molar-refractivity contribution in [2.45, 2.75) is 0 Å². The number of urea groups is 1. The summed E-state index contributed by atoms with van der Waals surface area (Å²) < 4.78 is 4.72. The Balaban J connectivity index is 3.20. The van der Waals surface area contributed by atoms with Crippen LogP contribution in [0.1, 0.15) is 0 Å². The van der Waals surface area contributed by atoms with Crippen molar-refractivity contribution in [2.75, 3.05) is 38.3 Å². The number of nitrogens with one attached hydrogen (secondary N) is 2. The third-order valence-corrected chi connectivity index (χ3v) is 1.96. The summed E-state index contributed by atoms with van der Waals surface area (Å²) in [5.41, 5.74) is 0. The monoisotopic (exact) mass is 236 g/mol. The number of ether oxygens (including phenoxy) is 1. The highest BCUT2D eigenvalue weighted by Gasteiger charge is 1.99. The molecule has 0 atom stereocenters. The Labute approximate surface area is 92.7 Å². The van der Waals surface area contributed by atoms with Gasteiger partial charge >= 0.3 is 12.0 Å². The topological polar surface area (TPSA) is 87.7 Å². The third kappa shape index (κ3) is 11.0. The maximum atomic E-state index is 11.0. The Kier molecular flexibility index (Phi) is 8.99. The molecule has 0 radical (unpaired) electrons. The number of carboxylic acid groups (broad SMARTS) is 1. The van der Waals surface area contributed by atoms with Crippen molar-refractivity contribution < 1.29 is 19.4 Å². The third-order valence-electron chi connectivity index (χ3n) is 1.35. The zero-order valence-electron chi connectivity index (χ0n) is 8.62. The van der Waals surface area contributed by atoms with Gasteiger partial charge in [0.15, 0.2) is 0 Å². The van der Waals surface area contributed by atoms with Gasteiger partial charge in [-0.2, -0.15) is 11.8 Å². The van der Waals surface area contributed by atoms with Gasteiger partial charge in [-0.3, -0.25) is 0 Å². The van der Waals surface area contributed by atoms with E-state index in [1.54, 1.807) is 11.8 Å². The van der Waals surface area contributed by atoms with Crippen LogP contribution in [0.3, 0.4) is 0 Å². The first-order valence-electron chi connectivity index (χ1n) is 4.47. The first kappa shape index (κ1) is 14.1. The Morgan fingerprint density at radius 1 is 1.33 bits per heavy atom. The van der Waals surface area contributed by atoms with E-state index in [9.17, 15) is 9.59 Å². The van der Waals surface area contributed by atoms with Crippen LogP contribution in [0, 0.1) is 0 Å². The Morgan fingerprint density at radius 2 is 2.00 bits per heavy atom. The van der Waals surface area contributed by atoms with E-state index in [4.69, 9.17) is 9.84 Å². The lowest BCUT2D eigenvalue weighted by Gasteiger charge is -2.06. The lowest BCUT2D eigenvalue weighted by Crippen LogP contribution is -2.38. The molecule has 0 aromatic carbocycles. The fourth-order valence-electron chi connectivity index (χ4n) is 0.725. The number of hydrogen-bond acceptors (Lipinski definition) is 4. The van der Waals surface area contributed by atoms with Gasteiger partial charge in [0.2, 0.25) is 0 Å². The molecule has 7 heteroatoms. The molecular weight excluding hydrogens is 220 g/mol. The predicted molar refractivity (Wildman–Crippen MR) is 58.2 cm³/mol. The van der Waals surface area contributed by atoms with Crippen molar-refractivity contribution in [3.63, 3.8) is 0 Å². The molecule has 0 saturated heterocycles. The van der Waals surface area contributed by atoms with Gasteiger partial charge in [-0.15, -0.1) is 0 Å². The lowest BCUT2D eigenvalue weighted by atomic mass is 10.6. The largest absolute Gasteiger partial charge is 0.480 e. The molecule has 0 heterocycles. The fraction of sp³-hybridized carbons (Fsp3) is 0.750. The minimum Gasteiger partial charge on any atom is -0.480 e. The number of thioether (sulfide) groups is 1. The van der Waals surface area contributed by atoms with Crippen molar-refractivity contribution in [1.29, 1.82) is 0 Å². The fourth-order valence-corrected chi connectivity index (χ4v) is 1.03. The summed E-state index contributed by atoms with van der Waals surface area (Å²) in [6.07, 6.45) is 1.96. The first-order chi connectivity index (χ1) is 7.16. The minimum absolute atomic E-state index is 0.197. The van der Waals surface area contributed by atoms with Crippen LogP contribution < -0.4 is 10.6 Å². The number of rotatable bonds is 8. The SMILES string of the molecule is CSCCNC(=O)NCCOCC(=O)O. The van der Waals surface area contributed by atoms with E-state index in [-0.39, 0.29) is 19.2 Å². The maximum Gasteiger partial charge on any atom is 0.329 e. The average molecular weight is 236 g/mol. The lowest BCUT2D eigenvalue weighted by molar-refractivity contribution is -0.142. The van der Waals surface area contributed by atoms with E-state index in [0.717, 1.165) is 5.75 Å². The smallest absolute Gasteiger partial charge is 0.329 e. The predicted octanol–water partition coefficient (Wildman–Crippen LogP) is -0.250. The van der Waals surface area contributed by atoms with Crippen molar-refractivity contribution in [1.82, 2.24) is 10.6 Å². The molecule has 0 bridgehead atoms. The maximum absolute atomic E-state index is 11.0. The molecule has 0 rings (SSSR count). The Bertz CT molecular complexity index is 201. The summed E-state index contributed by atoms with van der Waals surface area (Å²) in [7, 11) is 0. The molecule has 0 aliphatic rings. The molecule has 0 aromatic rings. The van der Waals surface area contributed by atoms with Gasteiger partial charge in [-0.25, -0.2) is 9.59 Å². The van der Waals surface area contributed by atoms with Gasteiger partial charge in [0.1, 0.15) is 6.61 Å². The molecule has 0 saturated carbocycles. The summed E-state index contributed by atoms with van der Waals surface area (Å²) in [4.78, 5) is 21.1. The highest BCUT2D eigenvalue weighted by molar-refractivity contribution is 7.98. The van der Waals surface area contributed by atoms with E-state index in [2.05, 4.69) is 10.6 Å². The van der Waals surface area contributed by atoms with E-state index >= 15 is 0 Å². The number of carbonyl (C=O) groups excluding carboxylic acids is 1. The Morgan fingerprint density at radius 3 is 2.60 bits per heavy atom. The molecule has 2 amide bonds. The summed E-state index contributed by atoms with van der Waals surface area (Å²) in [5, 5.41) is 13.4. The van der Waals surface area contributed by atoms with Crippen molar-refractivity contribution in [3.05, 3.63) is 0 Å². The molecule has 88 valence electrons. The molecule has 6 nitrogen and oxygen atoms in total. The molecule has 0 unspecified atom stereocenters. The molecule has 0 aliphatic carbocycles. The van der Waals surface area contributed by atoms with Gasteiger partial charge in [0, 0.05) is 18.8 Å². The van der Waals surface area contributed by atoms with Gasteiger partial charge in [-0.1, -0.05) is 0 Å². The van der Waals surface area contributed by atoms with E-state index in [0.29, 0.717) is 13.1 Å². The molecule has 0 fully saturated rings. The van der Waals surface area contributed by atoms with Crippen molar-refractivity contribution in [2.24, 2.45) is 0 Å². The highest BCUT2D eigenvalue weighted by atomic mass is 32.2. The number of carbonyl (C=O) groups is 2. The summed E-state index contributed by atoms with van der Waals surface area (Å²) in [5.74, 6) is -0.150. The summed E-state index contributed by atoms with van der Waals surface area (Å²) >= 11 is 1.65.